The summed E-state index contributed by atoms with van der Waals surface area (Å²) in [4.78, 5) is 12.1. The summed E-state index contributed by atoms with van der Waals surface area (Å²) in [6, 6.07) is 6.62. The molecule has 0 radical (unpaired) electrons. The number of halogens is 1. The summed E-state index contributed by atoms with van der Waals surface area (Å²) in [5.74, 6) is -0.526. The number of rotatable bonds is 1. The second-order valence-corrected chi connectivity index (χ2v) is 3.99. The van der Waals surface area contributed by atoms with Crippen molar-refractivity contribution in [3.63, 3.8) is 0 Å². The number of hydrogen-bond acceptors (Lipinski definition) is 2. The van der Waals surface area contributed by atoms with Crippen LogP contribution in [0.5, 0.6) is 0 Å². The van der Waals surface area contributed by atoms with Crippen LogP contribution in [0.25, 0.3) is 0 Å². The zero-order valence-electron chi connectivity index (χ0n) is 10.1. The number of allylic oxidation sites excluding steroid dienone is 1. The smallest absolute Gasteiger partial charge is 0.179 e. The van der Waals surface area contributed by atoms with E-state index < -0.39 is 11.3 Å². The molecule has 0 aliphatic heterocycles. The average Bonchev–Trinajstić information content (AvgIpc) is 2.32. The van der Waals surface area contributed by atoms with Crippen LogP contribution in [0.3, 0.4) is 0 Å². The Morgan fingerprint density at radius 2 is 2.20 bits per heavy atom. The summed E-state index contributed by atoms with van der Waals surface area (Å²) in [6.07, 6.45) is 0.642. The molecule has 1 aliphatic rings. The first-order valence-electron chi connectivity index (χ1n) is 5.72. The number of benzene rings is 1. The highest BCUT2D eigenvalue weighted by atomic mass is 35.5. The molecule has 0 saturated heterocycles. The molecule has 0 saturated carbocycles. The Morgan fingerprint density at radius 1 is 1.47 bits per heavy atom. The number of carbonyl (C=O) groups excluding carboxylic acids is 1. The van der Waals surface area contributed by atoms with Gasteiger partial charge in [0.25, 0.3) is 0 Å². The summed E-state index contributed by atoms with van der Waals surface area (Å²) >= 11 is 6.04. The molecule has 1 unspecified atom stereocenters. The van der Waals surface area contributed by atoms with Crippen LogP contribution in [0.2, 0.25) is 5.02 Å². The van der Waals surface area contributed by atoms with E-state index in [2.05, 4.69) is 0 Å². The molecule has 0 fully saturated rings. The Labute approximate surface area is 96.5 Å². The molecular formula is C12H12ClNO. The van der Waals surface area contributed by atoms with E-state index in [4.69, 9.17) is 20.1 Å². The van der Waals surface area contributed by atoms with Gasteiger partial charge in [0.1, 0.15) is 5.54 Å². The standard InChI is InChI=1S/C12H12ClNO/c13-10-6-2-1-5-9(10)12(14)8-4-3-7-11(12)15/h1-3,5-7H,4,8,14H2/i3D,7D. The van der Waals surface area contributed by atoms with Gasteiger partial charge in [-0.2, -0.15) is 0 Å². The lowest BCUT2D eigenvalue weighted by atomic mass is 9.79. The van der Waals surface area contributed by atoms with Crippen molar-refractivity contribution in [1.82, 2.24) is 0 Å². The van der Waals surface area contributed by atoms with Gasteiger partial charge < -0.3 is 5.73 Å². The third-order valence-corrected chi connectivity index (χ3v) is 2.94. The van der Waals surface area contributed by atoms with E-state index in [0.717, 1.165) is 0 Å². The number of hydrogen-bond donors (Lipinski definition) is 1. The first-order valence-corrected chi connectivity index (χ1v) is 5.09. The molecular weight excluding hydrogens is 210 g/mol. The van der Waals surface area contributed by atoms with Crippen LogP contribution in [-0.2, 0) is 10.3 Å². The van der Waals surface area contributed by atoms with Crippen molar-refractivity contribution in [2.45, 2.75) is 18.4 Å². The molecule has 0 spiro atoms. The van der Waals surface area contributed by atoms with E-state index in [1.54, 1.807) is 24.3 Å². The summed E-state index contributed by atoms with van der Waals surface area (Å²) in [7, 11) is 0. The van der Waals surface area contributed by atoms with Crippen molar-refractivity contribution in [3.8, 4) is 0 Å². The van der Waals surface area contributed by atoms with Gasteiger partial charge in [0.15, 0.2) is 5.78 Å². The van der Waals surface area contributed by atoms with Crippen LogP contribution < -0.4 is 5.73 Å². The molecule has 0 bridgehead atoms. The molecule has 2 nitrogen and oxygen atoms in total. The van der Waals surface area contributed by atoms with Crippen LogP contribution in [0.4, 0.5) is 0 Å². The lowest BCUT2D eigenvalue weighted by Crippen LogP contribution is -2.45. The number of nitrogens with two attached hydrogens (primary N) is 1. The molecule has 15 heavy (non-hydrogen) atoms. The maximum atomic E-state index is 12.1. The quantitative estimate of drug-likeness (QED) is 0.795. The Hall–Kier alpha value is -1.12. The fraction of sp³-hybridized carbons (Fsp3) is 0.250. The van der Waals surface area contributed by atoms with Gasteiger partial charge in [-0.05, 0) is 30.5 Å². The minimum absolute atomic E-state index is 0.0446. The summed E-state index contributed by atoms with van der Waals surface area (Å²) < 4.78 is 15.1. The topological polar surface area (TPSA) is 43.1 Å². The lowest BCUT2D eigenvalue weighted by molar-refractivity contribution is -0.120. The third kappa shape index (κ3) is 1.71. The molecule has 2 N–H and O–H groups in total. The van der Waals surface area contributed by atoms with Crippen LogP contribution in [0.15, 0.2) is 36.4 Å². The van der Waals surface area contributed by atoms with Crippen LogP contribution in [-0.4, -0.2) is 5.78 Å². The molecule has 0 heterocycles. The van der Waals surface area contributed by atoms with Gasteiger partial charge >= 0.3 is 0 Å². The van der Waals surface area contributed by atoms with Gasteiger partial charge in [-0.15, -0.1) is 0 Å². The number of ketones is 1. The second kappa shape index (κ2) is 3.80. The molecule has 3 heteroatoms. The van der Waals surface area contributed by atoms with E-state index in [9.17, 15) is 4.79 Å². The van der Waals surface area contributed by atoms with Crippen molar-refractivity contribution in [2.75, 3.05) is 0 Å². The molecule has 0 aromatic heterocycles. The fourth-order valence-corrected chi connectivity index (χ4v) is 2.01. The van der Waals surface area contributed by atoms with Gasteiger partial charge in [0.05, 0.1) is 2.74 Å². The zero-order chi connectivity index (χ0) is 12.6. The fourth-order valence-electron chi connectivity index (χ4n) is 1.71. The van der Waals surface area contributed by atoms with E-state index in [1.807, 2.05) is 0 Å². The summed E-state index contributed by atoms with van der Waals surface area (Å²) in [5.41, 5.74) is 5.37. The van der Waals surface area contributed by atoms with Gasteiger partial charge in [-0.1, -0.05) is 35.9 Å². The van der Waals surface area contributed by atoms with Gasteiger partial charge in [-0.3, -0.25) is 4.79 Å². The normalized spacial score (nSPS) is 28.8. The van der Waals surface area contributed by atoms with Crippen LogP contribution >= 0.6 is 11.6 Å². The monoisotopic (exact) mass is 223 g/mol. The van der Waals surface area contributed by atoms with E-state index >= 15 is 0 Å². The van der Waals surface area contributed by atoms with Gasteiger partial charge in [-0.25, -0.2) is 0 Å². The van der Waals surface area contributed by atoms with Crippen LogP contribution in [0, 0.1) is 0 Å². The summed E-state index contributed by atoms with van der Waals surface area (Å²) in [5, 5.41) is 0.421. The van der Waals surface area contributed by atoms with Crippen molar-refractivity contribution < 1.29 is 7.54 Å². The third-order valence-electron chi connectivity index (χ3n) is 2.61. The predicted molar refractivity (Wildman–Crippen MR) is 60.7 cm³/mol. The molecule has 1 aromatic rings. The number of carbonyl (C=O) groups is 1. The van der Waals surface area contributed by atoms with E-state index in [1.165, 1.54) is 0 Å². The molecule has 78 valence electrons. The van der Waals surface area contributed by atoms with Crippen molar-refractivity contribution in [1.29, 1.82) is 0 Å². The SMILES string of the molecule is [2H]C1=C([2H])C(=O)C(N)(c2ccccc2Cl)CC1. The van der Waals surface area contributed by atoms with Crippen molar-refractivity contribution in [3.05, 3.63) is 47.0 Å². The Bertz CT molecular complexity index is 515. The molecule has 1 aliphatic carbocycles. The Balaban J connectivity index is 2.53. The first kappa shape index (κ1) is 8.08. The maximum absolute atomic E-state index is 12.1. The average molecular weight is 224 g/mol. The highest BCUT2D eigenvalue weighted by molar-refractivity contribution is 6.31. The van der Waals surface area contributed by atoms with Gasteiger partial charge in [0.2, 0.25) is 0 Å². The van der Waals surface area contributed by atoms with E-state index in [-0.39, 0.29) is 12.1 Å². The minimum Gasteiger partial charge on any atom is -0.315 e. The molecule has 0 amide bonds. The van der Waals surface area contributed by atoms with Crippen molar-refractivity contribution >= 4 is 17.4 Å². The zero-order valence-corrected chi connectivity index (χ0v) is 8.84. The minimum atomic E-state index is -1.26. The Morgan fingerprint density at radius 3 is 2.93 bits per heavy atom. The molecule has 2 rings (SSSR count). The highest BCUT2D eigenvalue weighted by Gasteiger charge is 2.36. The predicted octanol–water partition coefficient (Wildman–Crippen LogP) is 2.41. The maximum Gasteiger partial charge on any atom is 0.179 e. The first-order chi connectivity index (χ1) is 7.97. The Kier molecular flexibility index (Phi) is 2.05. The van der Waals surface area contributed by atoms with Gasteiger partial charge in [0, 0.05) is 5.02 Å². The molecule has 1 atom stereocenters. The van der Waals surface area contributed by atoms with Crippen LogP contribution in [0.1, 0.15) is 21.1 Å². The second-order valence-electron chi connectivity index (χ2n) is 3.58. The van der Waals surface area contributed by atoms with E-state index in [0.29, 0.717) is 23.4 Å². The van der Waals surface area contributed by atoms with Crippen molar-refractivity contribution in [2.24, 2.45) is 5.73 Å². The summed E-state index contributed by atoms with van der Waals surface area (Å²) in [6.45, 7) is 0. The molecule has 1 aromatic carbocycles. The lowest BCUT2D eigenvalue weighted by Gasteiger charge is -2.30. The largest absolute Gasteiger partial charge is 0.315 e. The highest BCUT2D eigenvalue weighted by Crippen LogP contribution is 2.33.